The van der Waals surface area contributed by atoms with Gasteiger partial charge in [0.1, 0.15) is 18.1 Å². The lowest BCUT2D eigenvalue weighted by molar-refractivity contribution is -0.516. The smallest absolute Gasteiger partial charge is 0.329 e. The average Bonchev–Trinajstić information content (AvgIpc) is 3.56. The monoisotopic (exact) mass is 515 g/mol. The highest BCUT2D eigenvalue weighted by Crippen LogP contribution is 2.38. The minimum atomic E-state index is -0.0920. The van der Waals surface area contributed by atoms with E-state index in [1.807, 2.05) is 36.4 Å². The third kappa shape index (κ3) is 4.95. The predicted molar refractivity (Wildman–Crippen MR) is 157 cm³/mol. The molecule has 3 heterocycles. The molecule has 8 nitrogen and oxygen atoms in total. The van der Waals surface area contributed by atoms with Crippen LogP contribution in [0, 0.1) is 5.92 Å². The predicted octanol–water partition coefficient (Wildman–Crippen LogP) is 4.14. The molecule has 1 aliphatic carbocycles. The van der Waals surface area contributed by atoms with E-state index < -0.39 is 0 Å². The summed E-state index contributed by atoms with van der Waals surface area (Å²) < 4.78 is 4.36. The van der Waals surface area contributed by atoms with E-state index in [0.29, 0.717) is 5.92 Å². The molecule has 1 aromatic heterocycles. The number of nitrogens with two attached hydrogens (primary N) is 1. The average molecular weight is 515 g/mol. The molecule has 3 aromatic rings. The van der Waals surface area contributed by atoms with Crippen LogP contribution in [0.2, 0.25) is 0 Å². The van der Waals surface area contributed by atoms with Crippen molar-refractivity contribution in [3.05, 3.63) is 101 Å². The molecular formula is C30H30BN7O+. The van der Waals surface area contributed by atoms with E-state index >= 15 is 0 Å². The molecule has 1 saturated carbocycles. The van der Waals surface area contributed by atoms with Gasteiger partial charge >= 0.3 is 7.55 Å². The fourth-order valence-electron chi connectivity index (χ4n) is 5.10. The van der Waals surface area contributed by atoms with E-state index in [0.717, 1.165) is 65.0 Å². The lowest BCUT2D eigenvalue weighted by Gasteiger charge is -2.25. The molecule has 6 rings (SSSR count). The molecule has 1 amide bonds. The summed E-state index contributed by atoms with van der Waals surface area (Å²) in [5, 5.41) is 6.81. The van der Waals surface area contributed by atoms with Gasteiger partial charge in [-0.3, -0.25) is 14.2 Å². The van der Waals surface area contributed by atoms with Crippen LogP contribution >= 0.6 is 0 Å². The van der Waals surface area contributed by atoms with Gasteiger partial charge in [0.2, 0.25) is 5.91 Å². The highest BCUT2D eigenvalue weighted by Gasteiger charge is 2.39. The number of aliphatic imine (C=N–C) groups is 1. The summed E-state index contributed by atoms with van der Waals surface area (Å²) in [6, 6.07) is 22.5. The van der Waals surface area contributed by atoms with Crippen LogP contribution in [0.3, 0.4) is 0 Å². The van der Waals surface area contributed by atoms with Crippen molar-refractivity contribution >= 4 is 48.3 Å². The van der Waals surface area contributed by atoms with Gasteiger partial charge in [-0.25, -0.2) is 4.99 Å². The molecule has 1 radical (unpaired) electrons. The van der Waals surface area contributed by atoms with E-state index in [4.69, 9.17) is 10.8 Å². The summed E-state index contributed by atoms with van der Waals surface area (Å²) >= 11 is 0. The number of amides is 1. The number of aromatic nitrogens is 1. The van der Waals surface area contributed by atoms with Crippen molar-refractivity contribution in [3.8, 4) is 0 Å². The Labute approximate surface area is 228 Å². The molecule has 0 bridgehead atoms. The number of hydrogen-bond acceptors (Lipinski definition) is 4. The molecule has 2 aromatic carbocycles. The third-order valence-electron chi connectivity index (χ3n) is 7.16. The van der Waals surface area contributed by atoms with Gasteiger partial charge in [0.15, 0.2) is 0 Å². The first-order valence-corrected chi connectivity index (χ1v) is 13.1. The Balaban J connectivity index is 1.42. The lowest BCUT2D eigenvalue weighted by atomic mass is 9.91. The number of nitrogens with zero attached hydrogens (tertiary/aromatic N) is 5. The zero-order chi connectivity index (χ0) is 26.9. The molecule has 193 valence electrons. The number of amidine groups is 1. The molecule has 3 aliphatic rings. The quantitative estimate of drug-likeness (QED) is 0.163. The van der Waals surface area contributed by atoms with Crippen molar-refractivity contribution < 1.29 is 9.37 Å². The Hall–Kier alpha value is -4.66. The molecule has 1 fully saturated rings. The van der Waals surface area contributed by atoms with Gasteiger partial charge in [-0.05, 0) is 54.3 Å². The number of hydrazone groups is 1. The van der Waals surface area contributed by atoms with Crippen molar-refractivity contribution in [2.75, 3.05) is 12.4 Å². The first kappa shape index (κ1) is 24.7. The number of nitrogens with one attached hydrogen (secondary N) is 1. The third-order valence-corrected chi connectivity index (χ3v) is 7.16. The Morgan fingerprint density at radius 2 is 1.87 bits per heavy atom. The topological polar surface area (TPSA) is 91.0 Å². The van der Waals surface area contributed by atoms with E-state index in [9.17, 15) is 4.79 Å². The van der Waals surface area contributed by atoms with Gasteiger partial charge < -0.3 is 15.6 Å². The maximum atomic E-state index is 11.5. The molecular weight excluding hydrogens is 485 g/mol. The van der Waals surface area contributed by atoms with Crippen molar-refractivity contribution in [2.45, 2.75) is 26.3 Å². The standard InChI is InChI=1S/C30H29BN7O/c1-20(39)34-24-12-10-23(11-13-24)30-26-14-16-28(33-18-25(35-32)22-8-9-22)37(26)31-38-27(30)15-17-29(38)36(2)19-21-6-4-3-5-7-21/h3-7,10-18,22H,8-9,19H2,1-2H3,(H2,32,33,34,39)/p+1. The molecule has 0 saturated heterocycles. The van der Waals surface area contributed by atoms with Crippen LogP contribution in [0.4, 0.5) is 11.5 Å². The summed E-state index contributed by atoms with van der Waals surface area (Å²) in [5.74, 6) is 7.83. The summed E-state index contributed by atoms with van der Waals surface area (Å²) in [5.41, 5.74) is 7.10. The van der Waals surface area contributed by atoms with Crippen LogP contribution in [-0.4, -0.2) is 52.1 Å². The summed E-state index contributed by atoms with van der Waals surface area (Å²) in [6.45, 7) is 2.29. The number of anilines is 1. The Morgan fingerprint density at radius 3 is 2.56 bits per heavy atom. The number of carbonyl (C=O) groups excluding carboxylic acids is 1. The molecule has 0 atom stereocenters. The normalized spacial score (nSPS) is 17.8. The number of rotatable bonds is 7. The summed E-state index contributed by atoms with van der Waals surface area (Å²) in [6.07, 6.45) is 8.33. The first-order valence-electron chi connectivity index (χ1n) is 13.1. The minimum Gasteiger partial charge on any atom is -0.329 e. The fourth-order valence-corrected chi connectivity index (χ4v) is 5.10. The van der Waals surface area contributed by atoms with Crippen LogP contribution in [0.25, 0.3) is 5.57 Å². The second-order valence-corrected chi connectivity index (χ2v) is 10.1. The second kappa shape index (κ2) is 10.2. The maximum Gasteiger partial charge on any atom is 0.553 e. The number of hydrogen-bond donors (Lipinski definition) is 2. The van der Waals surface area contributed by atoms with Gasteiger partial charge in [0.25, 0.3) is 5.84 Å². The van der Waals surface area contributed by atoms with Crippen molar-refractivity contribution in [3.63, 3.8) is 0 Å². The van der Waals surface area contributed by atoms with Crippen LogP contribution in [0.1, 0.15) is 36.6 Å². The highest BCUT2D eigenvalue weighted by atomic mass is 16.1. The second-order valence-electron chi connectivity index (χ2n) is 10.1. The number of benzene rings is 2. The van der Waals surface area contributed by atoms with Gasteiger partial charge in [-0.1, -0.05) is 42.5 Å². The van der Waals surface area contributed by atoms with Gasteiger partial charge in [-0.2, -0.15) is 5.10 Å². The Bertz CT molecular complexity index is 1570. The van der Waals surface area contributed by atoms with E-state index in [-0.39, 0.29) is 5.91 Å². The molecule has 9 heteroatoms. The molecule has 0 spiro atoms. The van der Waals surface area contributed by atoms with Crippen LogP contribution in [0.15, 0.2) is 94.7 Å². The van der Waals surface area contributed by atoms with E-state index in [1.165, 1.54) is 12.5 Å². The lowest BCUT2D eigenvalue weighted by Crippen LogP contribution is -2.41. The molecule has 2 aliphatic heterocycles. The van der Waals surface area contributed by atoms with E-state index in [1.54, 1.807) is 6.21 Å². The van der Waals surface area contributed by atoms with Crippen molar-refractivity contribution in [1.29, 1.82) is 0 Å². The van der Waals surface area contributed by atoms with Gasteiger partial charge in [0.05, 0.1) is 19.0 Å². The van der Waals surface area contributed by atoms with Gasteiger partial charge in [-0.15, -0.1) is 0 Å². The van der Waals surface area contributed by atoms with Crippen molar-refractivity contribution in [2.24, 2.45) is 21.9 Å². The fraction of sp³-hybridized carbons (Fsp3) is 0.200. The van der Waals surface area contributed by atoms with Crippen LogP contribution < -0.4 is 11.2 Å². The number of allylic oxidation sites excluding steroid dienone is 1. The summed E-state index contributed by atoms with van der Waals surface area (Å²) in [7, 11) is 4.20. The van der Waals surface area contributed by atoms with Crippen LogP contribution in [-0.2, 0) is 11.3 Å². The highest BCUT2D eigenvalue weighted by molar-refractivity contribution is 6.41. The van der Waals surface area contributed by atoms with E-state index in [2.05, 4.69) is 81.4 Å². The molecule has 39 heavy (non-hydrogen) atoms. The molecule has 0 unspecified atom stereocenters. The minimum absolute atomic E-state index is 0.0920. The first-order chi connectivity index (χ1) is 19.0. The Kier molecular flexibility index (Phi) is 6.48. The zero-order valence-electron chi connectivity index (χ0n) is 22.1. The maximum absolute atomic E-state index is 11.5. The number of carbonyl (C=O) groups is 1. The Morgan fingerprint density at radius 1 is 1.10 bits per heavy atom. The molecule has 3 N–H and O–H groups in total. The van der Waals surface area contributed by atoms with Crippen molar-refractivity contribution in [1.82, 2.24) is 9.29 Å². The largest absolute Gasteiger partial charge is 0.553 e. The SMILES string of the molecule is CC(=O)Nc1ccc(C2=C3C=CC(=[N+](C)Cc4ccccc4)N3[B]n3c(N=CC(=NN)C4CC4)ccc32)cc1. The summed E-state index contributed by atoms with van der Waals surface area (Å²) in [4.78, 5) is 18.6. The van der Waals surface area contributed by atoms with Gasteiger partial charge in [0, 0.05) is 35.9 Å². The number of fused-ring (bicyclic) bond motifs is 2. The van der Waals surface area contributed by atoms with Crippen LogP contribution in [0.5, 0.6) is 0 Å². The zero-order valence-corrected chi connectivity index (χ0v) is 22.1.